The molecule has 2 rings (SSSR count). The molecule has 0 aliphatic carbocycles. The van der Waals surface area contributed by atoms with Crippen molar-refractivity contribution in [1.82, 2.24) is 15.2 Å². The third kappa shape index (κ3) is 1.96. The molecule has 0 spiro atoms. The predicted octanol–water partition coefficient (Wildman–Crippen LogP) is 1.55. The molecule has 0 radical (unpaired) electrons. The SMILES string of the molecule is O=C1NCCN1C(=O)c1nc(Cl)ccc1Cl. The summed E-state index contributed by atoms with van der Waals surface area (Å²) in [6.45, 7) is 0.741. The molecule has 7 heteroatoms. The highest BCUT2D eigenvalue weighted by atomic mass is 35.5. The number of pyridine rings is 1. The number of carbonyl (C=O) groups excluding carboxylic acids is 2. The van der Waals surface area contributed by atoms with E-state index in [-0.39, 0.29) is 15.9 Å². The van der Waals surface area contributed by atoms with Crippen molar-refractivity contribution >= 4 is 35.1 Å². The van der Waals surface area contributed by atoms with Crippen molar-refractivity contribution in [2.75, 3.05) is 13.1 Å². The number of nitrogens with one attached hydrogen (secondary N) is 1. The van der Waals surface area contributed by atoms with Crippen LogP contribution in [0.2, 0.25) is 10.2 Å². The zero-order valence-corrected chi connectivity index (χ0v) is 9.55. The van der Waals surface area contributed by atoms with Gasteiger partial charge in [0.1, 0.15) is 10.8 Å². The Kier molecular flexibility index (Phi) is 2.98. The van der Waals surface area contributed by atoms with Gasteiger partial charge in [-0.3, -0.25) is 9.69 Å². The Labute approximate surface area is 101 Å². The van der Waals surface area contributed by atoms with Gasteiger partial charge in [-0.25, -0.2) is 9.78 Å². The van der Waals surface area contributed by atoms with Gasteiger partial charge in [0.05, 0.1) is 5.02 Å². The minimum atomic E-state index is -0.539. The molecular formula is C9H7Cl2N3O2. The minimum absolute atomic E-state index is 0.00813. The van der Waals surface area contributed by atoms with Gasteiger partial charge in [-0.1, -0.05) is 23.2 Å². The van der Waals surface area contributed by atoms with Gasteiger partial charge >= 0.3 is 6.03 Å². The highest BCUT2D eigenvalue weighted by Crippen LogP contribution is 2.19. The van der Waals surface area contributed by atoms with Crippen LogP contribution in [0.25, 0.3) is 0 Å². The number of urea groups is 1. The molecule has 0 unspecified atom stereocenters. The van der Waals surface area contributed by atoms with Crippen LogP contribution in [-0.4, -0.2) is 34.9 Å². The Hall–Kier alpha value is -1.33. The van der Waals surface area contributed by atoms with Crippen molar-refractivity contribution in [1.29, 1.82) is 0 Å². The summed E-state index contributed by atoms with van der Waals surface area (Å²) < 4.78 is 0. The molecule has 0 saturated carbocycles. The molecule has 1 aliphatic rings. The normalized spacial score (nSPS) is 15.1. The van der Waals surface area contributed by atoms with Crippen molar-refractivity contribution in [3.63, 3.8) is 0 Å². The standard InChI is InChI=1S/C9H7Cl2N3O2/c10-5-1-2-6(11)13-7(5)8(15)14-4-3-12-9(14)16/h1-2H,3-4H2,(H,12,16). The summed E-state index contributed by atoms with van der Waals surface area (Å²) in [6.07, 6.45) is 0. The monoisotopic (exact) mass is 259 g/mol. The molecule has 84 valence electrons. The van der Waals surface area contributed by atoms with Gasteiger partial charge in [0.15, 0.2) is 0 Å². The van der Waals surface area contributed by atoms with E-state index in [1.54, 1.807) is 0 Å². The van der Waals surface area contributed by atoms with E-state index in [1.165, 1.54) is 12.1 Å². The third-order valence-electron chi connectivity index (χ3n) is 2.12. The first-order valence-corrected chi connectivity index (χ1v) is 5.27. The molecule has 1 aromatic heterocycles. The molecule has 0 atom stereocenters. The molecule has 2 heterocycles. The van der Waals surface area contributed by atoms with Crippen molar-refractivity contribution in [2.24, 2.45) is 0 Å². The van der Waals surface area contributed by atoms with Crippen molar-refractivity contribution in [2.45, 2.75) is 0 Å². The average Bonchev–Trinajstić information content (AvgIpc) is 2.67. The van der Waals surface area contributed by atoms with Crippen LogP contribution in [0.1, 0.15) is 10.5 Å². The molecule has 0 aromatic carbocycles. The lowest BCUT2D eigenvalue weighted by atomic mass is 10.3. The van der Waals surface area contributed by atoms with E-state index in [4.69, 9.17) is 23.2 Å². The Balaban J connectivity index is 2.33. The fraction of sp³-hybridized carbons (Fsp3) is 0.222. The number of rotatable bonds is 1. The lowest BCUT2D eigenvalue weighted by Gasteiger charge is -2.12. The fourth-order valence-electron chi connectivity index (χ4n) is 1.36. The van der Waals surface area contributed by atoms with Crippen LogP contribution in [0.4, 0.5) is 4.79 Å². The molecule has 16 heavy (non-hydrogen) atoms. The van der Waals surface area contributed by atoms with Gasteiger partial charge in [0, 0.05) is 13.1 Å². The molecular weight excluding hydrogens is 253 g/mol. The Morgan fingerprint density at radius 2 is 2.19 bits per heavy atom. The minimum Gasteiger partial charge on any atom is -0.336 e. The van der Waals surface area contributed by atoms with Crippen LogP contribution in [0.5, 0.6) is 0 Å². The summed E-state index contributed by atoms with van der Waals surface area (Å²) in [5, 5.41) is 2.85. The van der Waals surface area contributed by atoms with Gasteiger partial charge in [0.25, 0.3) is 5.91 Å². The fourth-order valence-corrected chi connectivity index (χ4v) is 1.70. The topological polar surface area (TPSA) is 62.3 Å². The molecule has 0 bridgehead atoms. The van der Waals surface area contributed by atoms with Crippen LogP contribution in [0.15, 0.2) is 12.1 Å². The number of hydrogen-bond donors (Lipinski definition) is 1. The molecule has 1 saturated heterocycles. The summed E-state index contributed by atoms with van der Waals surface area (Å²) in [5.41, 5.74) is -0.00813. The van der Waals surface area contributed by atoms with E-state index < -0.39 is 11.9 Å². The maximum atomic E-state index is 11.9. The second-order valence-corrected chi connectivity index (χ2v) is 3.95. The summed E-state index contributed by atoms with van der Waals surface area (Å²) in [7, 11) is 0. The number of amides is 3. The molecule has 1 aromatic rings. The average molecular weight is 260 g/mol. The first kappa shape index (κ1) is 11.2. The highest BCUT2D eigenvalue weighted by Gasteiger charge is 2.29. The lowest BCUT2D eigenvalue weighted by molar-refractivity contribution is 0.0824. The maximum absolute atomic E-state index is 11.9. The second-order valence-electron chi connectivity index (χ2n) is 3.15. The number of halogens is 2. The first-order chi connectivity index (χ1) is 7.59. The Morgan fingerprint density at radius 3 is 2.81 bits per heavy atom. The maximum Gasteiger partial charge on any atom is 0.324 e. The molecule has 5 nitrogen and oxygen atoms in total. The zero-order chi connectivity index (χ0) is 11.7. The second kappa shape index (κ2) is 4.27. The van der Waals surface area contributed by atoms with E-state index in [1.807, 2.05) is 0 Å². The molecule has 1 N–H and O–H groups in total. The molecule has 1 fully saturated rings. The number of nitrogens with zero attached hydrogens (tertiary/aromatic N) is 2. The summed E-state index contributed by atoms with van der Waals surface area (Å²) in [6, 6.07) is 2.51. The third-order valence-corrected chi connectivity index (χ3v) is 2.63. The lowest BCUT2D eigenvalue weighted by Crippen LogP contribution is -2.34. The largest absolute Gasteiger partial charge is 0.336 e. The summed E-state index contributed by atoms with van der Waals surface area (Å²) in [4.78, 5) is 28.0. The van der Waals surface area contributed by atoms with E-state index in [2.05, 4.69) is 10.3 Å². The quantitative estimate of drug-likeness (QED) is 0.779. The van der Waals surface area contributed by atoms with E-state index in [0.29, 0.717) is 13.1 Å². The van der Waals surface area contributed by atoms with Crippen molar-refractivity contribution < 1.29 is 9.59 Å². The molecule has 1 aliphatic heterocycles. The van der Waals surface area contributed by atoms with Gasteiger partial charge in [0.2, 0.25) is 0 Å². The van der Waals surface area contributed by atoms with Crippen molar-refractivity contribution in [3.05, 3.63) is 28.0 Å². The number of imide groups is 1. The smallest absolute Gasteiger partial charge is 0.324 e. The Bertz CT molecular complexity index is 464. The van der Waals surface area contributed by atoms with E-state index >= 15 is 0 Å². The Morgan fingerprint density at radius 1 is 1.44 bits per heavy atom. The van der Waals surface area contributed by atoms with Crippen LogP contribution in [0, 0.1) is 0 Å². The summed E-state index contributed by atoms with van der Waals surface area (Å²) >= 11 is 11.5. The molecule has 3 amide bonds. The number of carbonyl (C=O) groups is 2. The van der Waals surface area contributed by atoms with Gasteiger partial charge in [-0.15, -0.1) is 0 Å². The van der Waals surface area contributed by atoms with Crippen LogP contribution < -0.4 is 5.32 Å². The predicted molar refractivity (Wildman–Crippen MR) is 58.7 cm³/mol. The van der Waals surface area contributed by atoms with E-state index in [9.17, 15) is 9.59 Å². The highest BCUT2D eigenvalue weighted by molar-refractivity contribution is 6.35. The zero-order valence-electron chi connectivity index (χ0n) is 8.04. The van der Waals surface area contributed by atoms with Crippen LogP contribution >= 0.6 is 23.2 Å². The van der Waals surface area contributed by atoms with Gasteiger partial charge in [-0.2, -0.15) is 0 Å². The van der Waals surface area contributed by atoms with Crippen molar-refractivity contribution in [3.8, 4) is 0 Å². The summed E-state index contributed by atoms with van der Waals surface area (Å²) in [5.74, 6) is -0.539. The first-order valence-electron chi connectivity index (χ1n) is 4.51. The van der Waals surface area contributed by atoms with Gasteiger partial charge in [-0.05, 0) is 12.1 Å². The van der Waals surface area contributed by atoms with Gasteiger partial charge < -0.3 is 5.32 Å². The van der Waals surface area contributed by atoms with Crippen LogP contribution in [-0.2, 0) is 0 Å². The van der Waals surface area contributed by atoms with Crippen LogP contribution in [0.3, 0.4) is 0 Å². The van der Waals surface area contributed by atoms with E-state index in [0.717, 1.165) is 4.90 Å². The number of hydrogen-bond acceptors (Lipinski definition) is 3. The number of aromatic nitrogens is 1.